The fourth-order valence-electron chi connectivity index (χ4n) is 2.91. The molecule has 1 atom stereocenters. The summed E-state index contributed by atoms with van der Waals surface area (Å²) in [6.45, 7) is 10.8. The van der Waals surface area contributed by atoms with Crippen LogP contribution in [0.2, 0.25) is 0 Å². The smallest absolute Gasteiger partial charge is 0.229 e. The van der Waals surface area contributed by atoms with Crippen LogP contribution in [-0.2, 0) is 4.79 Å². The van der Waals surface area contributed by atoms with Gasteiger partial charge in [-0.3, -0.25) is 4.79 Å². The number of aryl methyl sites for hydroxylation is 2. The van der Waals surface area contributed by atoms with Crippen LogP contribution in [0.3, 0.4) is 0 Å². The fourth-order valence-corrected chi connectivity index (χ4v) is 2.91. The van der Waals surface area contributed by atoms with Gasteiger partial charge in [0.15, 0.2) is 0 Å². The molecule has 1 aromatic carbocycles. The molecule has 0 bridgehead atoms. The maximum Gasteiger partial charge on any atom is 0.229 e. The van der Waals surface area contributed by atoms with Gasteiger partial charge in [0.25, 0.3) is 0 Å². The van der Waals surface area contributed by atoms with Crippen molar-refractivity contribution in [2.45, 2.75) is 47.0 Å². The van der Waals surface area contributed by atoms with Crippen LogP contribution in [0.5, 0.6) is 0 Å². The van der Waals surface area contributed by atoms with Gasteiger partial charge in [0.05, 0.1) is 11.4 Å². The first kappa shape index (κ1) is 15.8. The third kappa shape index (κ3) is 3.05. The number of amides is 1. The average molecular weight is 290 g/mol. The van der Waals surface area contributed by atoms with Crippen LogP contribution in [0, 0.1) is 19.3 Å². The molecule has 1 heterocycles. The number of rotatable bonds is 3. The van der Waals surface area contributed by atoms with Gasteiger partial charge in [0.1, 0.15) is 0 Å². The van der Waals surface area contributed by atoms with Crippen molar-refractivity contribution < 1.29 is 9.90 Å². The van der Waals surface area contributed by atoms with Gasteiger partial charge in [-0.25, -0.2) is 0 Å². The molecular weight excluding hydrogens is 264 g/mol. The topological polar surface area (TPSA) is 61.4 Å². The lowest BCUT2D eigenvalue weighted by atomic mass is 9.91. The van der Waals surface area contributed by atoms with Crippen molar-refractivity contribution in [1.29, 1.82) is 0 Å². The summed E-state index contributed by atoms with van der Waals surface area (Å²) in [7, 11) is 0. The van der Waals surface area contributed by atoms with Crippen LogP contribution < -0.4 is 10.6 Å². The molecule has 0 fully saturated rings. The molecule has 4 heteroatoms. The summed E-state index contributed by atoms with van der Waals surface area (Å²) in [5.41, 5.74) is 5.02. The highest BCUT2D eigenvalue weighted by Crippen LogP contribution is 2.43. The number of aliphatic hydroxyl groups excluding tert-OH is 1. The normalized spacial score (nSPS) is 17.3. The Morgan fingerprint density at radius 3 is 2.62 bits per heavy atom. The highest BCUT2D eigenvalue weighted by Gasteiger charge is 2.29. The molecule has 0 radical (unpaired) electrons. The molecule has 0 saturated carbocycles. The minimum atomic E-state index is -0.423. The van der Waals surface area contributed by atoms with E-state index in [1.54, 1.807) is 0 Å². The minimum Gasteiger partial charge on any atom is -0.396 e. The van der Waals surface area contributed by atoms with Crippen LogP contribution in [0.1, 0.15) is 49.8 Å². The van der Waals surface area contributed by atoms with Crippen LogP contribution in [0.15, 0.2) is 6.07 Å². The van der Waals surface area contributed by atoms with Gasteiger partial charge in [0.2, 0.25) is 5.91 Å². The van der Waals surface area contributed by atoms with E-state index in [4.69, 9.17) is 0 Å². The molecule has 1 aliphatic rings. The number of aliphatic hydroxyl groups is 1. The molecular formula is C17H26N2O2. The van der Waals surface area contributed by atoms with Gasteiger partial charge < -0.3 is 15.7 Å². The number of fused-ring (bicyclic) bond motifs is 1. The third-order valence-corrected chi connectivity index (χ3v) is 4.10. The van der Waals surface area contributed by atoms with Crippen molar-refractivity contribution >= 4 is 17.3 Å². The van der Waals surface area contributed by atoms with Crippen molar-refractivity contribution in [1.82, 2.24) is 0 Å². The Kier molecular flexibility index (Phi) is 4.28. The van der Waals surface area contributed by atoms with Crippen molar-refractivity contribution in [2.75, 3.05) is 23.8 Å². The zero-order chi connectivity index (χ0) is 15.8. The number of benzene rings is 1. The van der Waals surface area contributed by atoms with E-state index in [9.17, 15) is 9.90 Å². The molecule has 0 spiro atoms. The van der Waals surface area contributed by atoms with Gasteiger partial charge in [-0.15, -0.1) is 0 Å². The molecule has 116 valence electrons. The van der Waals surface area contributed by atoms with Crippen molar-refractivity contribution in [2.24, 2.45) is 5.41 Å². The second-order valence-corrected chi connectivity index (χ2v) is 6.97. The summed E-state index contributed by atoms with van der Waals surface area (Å²) in [5, 5.41) is 15.7. The lowest BCUT2D eigenvalue weighted by Crippen LogP contribution is -2.28. The monoisotopic (exact) mass is 290 g/mol. The molecule has 1 aliphatic heterocycles. The van der Waals surface area contributed by atoms with Crippen molar-refractivity contribution in [3.63, 3.8) is 0 Å². The van der Waals surface area contributed by atoms with Crippen molar-refractivity contribution in [3.8, 4) is 0 Å². The molecule has 3 N–H and O–H groups in total. The van der Waals surface area contributed by atoms with E-state index in [1.807, 2.05) is 27.7 Å². The summed E-state index contributed by atoms with van der Waals surface area (Å²) in [6, 6.07) is 2.12. The second kappa shape index (κ2) is 5.68. The Balaban J connectivity index is 2.42. The number of anilines is 2. The number of hydrogen-bond acceptors (Lipinski definition) is 3. The molecule has 1 amide bonds. The van der Waals surface area contributed by atoms with E-state index in [0.29, 0.717) is 5.92 Å². The van der Waals surface area contributed by atoms with E-state index in [2.05, 4.69) is 23.6 Å². The van der Waals surface area contributed by atoms with Gasteiger partial charge in [-0.1, -0.05) is 26.8 Å². The number of hydrogen-bond donors (Lipinski definition) is 3. The summed E-state index contributed by atoms with van der Waals surface area (Å²) >= 11 is 0. The Bertz CT molecular complexity index is 559. The zero-order valence-corrected chi connectivity index (χ0v) is 13.6. The van der Waals surface area contributed by atoms with Gasteiger partial charge in [-0.05, 0) is 37.0 Å². The SMILES string of the molecule is Cc1cc(C)c2c(c1NC(=O)C(C)(C)C)NCC2CCO. The minimum absolute atomic E-state index is 0.0176. The molecule has 21 heavy (non-hydrogen) atoms. The zero-order valence-electron chi connectivity index (χ0n) is 13.6. The van der Waals surface area contributed by atoms with Crippen molar-refractivity contribution in [3.05, 3.63) is 22.8 Å². The predicted molar refractivity (Wildman–Crippen MR) is 86.9 cm³/mol. The quantitative estimate of drug-likeness (QED) is 0.801. The number of carbonyl (C=O) groups excluding carboxylic acids is 1. The number of nitrogens with one attached hydrogen (secondary N) is 2. The van der Waals surface area contributed by atoms with Gasteiger partial charge in [0, 0.05) is 24.5 Å². The van der Waals surface area contributed by atoms with Crippen LogP contribution in [0.25, 0.3) is 0 Å². The Morgan fingerprint density at radius 1 is 1.38 bits per heavy atom. The summed E-state index contributed by atoms with van der Waals surface area (Å²) in [5.74, 6) is 0.333. The lowest BCUT2D eigenvalue weighted by Gasteiger charge is -2.22. The van der Waals surface area contributed by atoms with Crippen LogP contribution in [0.4, 0.5) is 11.4 Å². The van der Waals surface area contributed by atoms with Gasteiger partial charge >= 0.3 is 0 Å². The lowest BCUT2D eigenvalue weighted by molar-refractivity contribution is -0.123. The summed E-state index contributed by atoms with van der Waals surface area (Å²) in [4.78, 5) is 12.3. The van der Waals surface area contributed by atoms with Crippen LogP contribution in [-0.4, -0.2) is 24.2 Å². The molecule has 1 aromatic rings. The first-order valence-electron chi connectivity index (χ1n) is 7.56. The van der Waals surface area contributed by atoms with Gasteiger partial charge in [-0.2, -0.15) is 0 Å². The maximum atomic E-state index is 12.3. The standard InChI is InChI=1S/C17H26N2O2/c1-10-8-11(2)14(19-16(21)17(3,4)5)15-13(10)12(6-7-20)9-18-15/h8,12,18,20H,6-7,9H2,1-5H3,(H,19,21). The Morgan fingerprint density at radius 2 is 2.05 bits per heavy atom. The van der Waals surface area contributed by atoms with E-state index in [0.717, 1.165) is 29.9 Å². The molecule has 4 nitrogen and oxygen atoms in total. The molecule has 0 saturated heterocycles. The van der Waals surface area contributed by atoms with E-state index < -0.39 is 5.41 Å². The second-order valence-electron chi connectivity index (χ2n) is 6.97. The van der Waals surface area contributed by atoms with E-state index in [1.165, 1.54) is 11.1 Å². The Labute approximate surface area is 126 Å². The molecule has 0 aromatic heterocycles. The first-order valence-corrected chi connectivity index (χ1v) is 7.56. The fraction of sp³-hybridized carbons (Fsp3) is 0.588. The van der Waals surface area contributed by atoms with Crippen LogP contribution >= 0.6 is 0 Å². The van der Waals surface area contributed by atoms with E-state index >= 15 is 0 Å². The maximum absolute atomic E-state index is 12.3. The average Bonchev–Trinajstić information content (AvgIpc) is 2.77. The summed E-state index contributed by atoms with van der Waals surface area (Å²) in [6.07, 6.45) is 0.747. The highest BCUT2D eigenvalue weighted by atomic mass is 16.3. The third-order valence-electron chi connectivity index (χ3n) is 4.10. The molecule has 0 aliphatic carbocycles. The number of carbonyl (C=O) groups is 1. The van der Waals surface area contributed by atoms with E-state index in [-0.39, 0.29) is 12.5 Å². The first-order chi connectivity index (χ1) is 9.75. The largest absolute Gasteiger partial charge is 0.396 e. The molecule has 2 rings (SSSR count). The predicted octanol–water partition coefficient (Wildman–Crippen LogP) is 3.18. The Hall–Kier alpha value is -1.55. The highest BCUT2D eigenvalue weighted by molar-refractivity contribution is 5.99. The summed E-state index contributed by atoms with van der Waals surface area (Å²) < 4.78 is 0. The molecule has 1 unspecified atom stereocenters.